The van der Waals surface area contributed by atoms with Gasteiger partial charge in [0.15, 0.2) is 0 Å². The van der Waals surface area contributed by atoms with Crippen molar-refractivity contribution in [3.05, 3.63) is 35.9 Å². The second kappa shape index (κ2) is 3.96. The fourth-order valence-corrected chi connectivity index (χ4v) is 0.934. The maximum Gasteiger partial charge on any atom is 0.114 e. The van der Waals surface area contributed by atoms with Gasteiger partial charge in [-0.3, -0.25) is 0 Å². The van der Waals surface area contributed by atoms with E-state index in [0.717, 1.165) is 11.8 Å². The Balaban J connectivity index is 2.57. The number of hydrogen-bond acceptors (Lipinski definition) is 1. The van der Waals surface area contributed by atoms with E-state index >= 15 is 0 Å². The molecular formula is C9H9BO. The molecule has 0 saturated carbocycles. The number of benzene rings is 1. The first-order valence-electron chi connectivity index (χ1n) is 3.57. The minimum atomic E-state index is -0.364. The summed E-state index contributed by atoms with van der Waals surface area (Å²) in [7, 11) is 5.44. The summed E-state index contributed by atoms with van der Waals surface area (Å²) < 4.78 is 0. The van der Waals surface area contributed by atoms with E-state index in [-0.39, 0.29) is 5.82 Å². The van der Waals surface area contributed by atoms with E-state index in [2.05, 4.69) is 0 Å². The third kappa shape index (κ3) is 2.58. The van der Waals surface area contributed by atoms with Crippen LogP contribution in [0.2, 0.25) is 5.82 Å². The van der Waals surface area contributed by atoms with E-state index in [1.54, 1.807) is 0 Å². The molecule has 0 aromatic heterocycles. The van der Waals surface area contributed by atoms with Gasteiger partial charge < -0.3 is 4.79 Å². The second-order valence-corrected chi connectivity index (χ2v) is 2.49. The lowest BCUT2D eigenvalue weighted by atomic mass is 9.83. The lowest BCUT2D eigenvalue weighted by molar-refractivity contribution is -0.107. The molecule has 54 valence electrons. The highest BCUT2D eigenvalue weighted by atomic mass is 16.1. The standard InChI is InChI=1S/C9H9BO/c10-9(7-11)6-8-4-2-1-3-5-8/h1-5,7,9H,6H2. The van der Waals surface area contributed by atoms with Gasteiger partial charge in [-0.05, 0) is 17.8 Å². The topological polar surface area (TPSA) is 17.1 Å². The second-order valence-electron chi connectivity index (χ2n) is 2.49. The summed E-state index contributed by atoms with van der Waals surface area (Å²) in [6.07, 6.45) is 1.40. The largest absolute Gasteiger partial charge is 0.304 e. The number of rotatable bonds is 3. The summed E-state index contributed by atoms with van der Waals surface area (Å²) in [5.74, 6) is -0.364. The van der Waals surface area contributed by atoms with Crippen molar-refractivity contribution in [2.24, 2.45) is 0 Å². The summed E-state index contributed by atoms with van der Waals surface area (Å²) in [5.41, 5.74) is 1.10. The van der Waals surface area contributed by atoms with Gasteiger partial charge in [-0.15, -0.1) is 0 Å². The molecule has 0 saturated heterocycles. The van der Waals surface area contributed by atoms with Crippen LogP contribution in [-0.4, -0.2) is 14.1 Å². The minimum Gasteiger partial charge on any atom is -0.304 e. The maximum atomic E-state index is 10.2. The van der Waals surface area contributed by atoms with E-state index in [0.29, 0.717) is 6.42 Å². The molecule has 0 aliphatic heterocycles. The summed E-state index contributed by atoms with van der Waals surface area (Å²) in [5, 5.41) is 0. The molecule has 0 aliphatic rings. The van der Waals surface area contributed by atoms with Crippen molar-refractivity contribution in [1.82, 2.24) is 0 Å². The highest BCUT2D eigenvalue weighted by Crippen LogP contribution is 2.07. The van der Waals surface area contributed by atoms with Crippen LogP contribution in [-0.2, 0) is 11.2 Å². The molecule has 0 N–H and O–H groups in total. The van der Waals surface area contributed by atoms with Gasteiger partial charge >= 0.3 is 0 Å². The first kappa shape index (κ1) is 8.06. The fourth-order valence-electron chi connectivity index (χ4n) is 0.934. The van der Waals surface area contributed by atoms with Crippen LogP contribution in [0.15, 0.2) is 30.3 Å². The molecule has 2 radical (unpaired) electrons. The molecule has 1 rings (SSSR count). The Morgan fingerprint density at radius 3 is 2.55 bits per heavy atom. The third-order valence-corrected chi connectivity index (χ3v) is 1.49. The molecule has 0 aliphatic carbocycles. The molecule has 1 aromatic rings. The average Bonchev–Trinajstić information content (AvgIpc) is 2.06. The normalized spacial score (nSPS) is 12.4. The van der Waals surface area contributed by atoms with Crippen molar-refractivity contribution in [2.75, 3.05) is 0 Å². The summed E-state index contributed by atoms with van der Waals surface area (Å²) >= 11 is 0. The first-order chi connectivity index (χ1) is 5.33. The van der Waals surface area contributed by atoms with Gasteiger partial charge in [0.25, 0.3) is 0 Å². The van der Waals surface area contributed by atoms with Gasteiger partial charge in [-0.25, -0.2) is 0 Å². The smallest absolute Gasteiger partial charge is 0.114 e. The van der Waals surface area contributed by atoms with Gasteiger partial charge in [0.1, 0.15) is 6.29 Å². The number of aldehydes is 1. The van der Waals surface area contributed by atoms with Gasteiger partial charge in [0.05, 0.1) is 7.85 Å². The molecule has 1 aromatic carbocycles. The van der Waals surface area contributed by atoms with Crippen molar-refractivity contribution in [3.8, 4) is 0 Å². The highest BCUT2D eigenvalue weighted by Gasteiger charge is 1.99. The van der Waals surface area contributed by atoms with E-state index in [1.807, 2.05) is 30.3 Å². The van der Waals surface area contributed by atoms with Crippen LogP contribution >= 0.6 is 0 Å². The molecule has 1 unspecified atom stereocenters. The van der Waals surface area contributed by atoms with E-state index < -0.39 is 0 Å². The molecular weight excluding hydrogens is 135 g/mol. The molecule has 1 atom stereocenters. The van der Waals surface area contributed by atoms with Crippen LogP contribution in [0.5, 0.6) is 0 Å². The van der Waals surface area contributed by atoms with Gasteiger partial charge in [0.2, 0.25) is 0 Å². The van der Waals surface area contributed by atoms with Crippen LogP contribution in [0.4, 0.5) is 0 Å². The Morgan fingerprint density at radius 1 is 1.36 bits per heavy atom. The molecule has 0 spiro atoms. The zero-order chi connectivity index (χ0) is 8.10. The highest BCUT2D eigenvalue weighted by molar-refractivity contribution is 6.19. The average molecular weight is 144 g/mol. The molecule has 11 heavy (non-hydrogen) atoms. The summed E-state index contributed by atoms with van der Waals surface area (Å²) in [4.78, 5) is 10.2. The Labute approximate surface area is 67.8 Å². The van der Waals surface area contributed by atoms with Crippen LogP contribution in [0.1, 0.15) is 5.56 Å². The lowest BCUT2D eigenvalue weighted by Gasteiger charge is -2.01. The van der Waals surface area contributed by atoms with Crippen LogP contribution in [0.25, 0.3) is 0 Å². The van der Waals surface area contributed by atoms with E-state index in [1.165, 1.54) is 0 Å². The number of carbonyl (C=O) groups excluding carboxylic acids is 1. The molecule has 1 nitrogen and oxygen atoms in total. The minimum absolute atomic E-state index is 0.364. The van der Waals surface area contributed by atoms with Crippen LogP contribution < -0.4 is 0 Å². The molecule has 0 heterocycles. The SMILES string of the molecule is [B]C(C=O)Cc1ccccc1. The van der Waals surface area contributed by atoms with E-state index in [4.69, 9.17) is 7.85 Å². The molecule has 0 bridgehead atoms. The predicted molar refractivity (Wildman–Crippen MR) is 45.7 cm³/mol. The van der Waals surface area contributed by atoms with Crippen molar-refractivity contribution < 1.29 is 4.79 Å². The zero-order valence-corrected chi connectivity index (χ0v) is 6.23. The number of carbonyl (C=O) groups is 1. The lowest BCUT2D eigenvalue weighted by Crippen LogP contribution is -1.97. The Bertz CT molecular complexity index is 220. The molecule has 0 amide bonds. The predicted octanol–water partition coefficient (Wildman–Crippen LogP) is 1.39. The van der Waals surface area contributed by atoms with Crippen molar-refractivity contribution >= 4 is 14.1 Å². The van der Waals surface area contributed by atoms with Crippen molar-refractivity contribution in [1.29, 1.82) is 0 Å². The monoisotopic (exact) mass is 144 g/mol. The molecule has 0 fully saturated rings. The van der Waals surface area contributed by atoms with Gasteiger partial charge in [-0.1, -0.05) is 30.3 Å². The summed E-state index contributed by atoms with van der Waals surface area (Å²) in [6, 6.07) is 9.74. The summed E-state index contributed by atoms with van der Waals surface area (Å²) in [6.45, 7) is 0. The third-order valence-electron chi connectivity index (χ3n) is 1.49. The Hall–Kier alpha value is -1.05. The van der Waals surface area contributed by atoms with Crippen molar-refractivity contribution in [3.63, 3.8) is 0 Å². The van der Waals surface area contributed by atoms with Crippen LogP contribution in [0, 0.1) is 0 Å². The first-order valence-corrected chi connectivity index (χ1v) is 3.57. The quantitative estimate of drug-likeness (QED) is 0.462. The van der Waals surface area contributed by atoms with Crippen molar-refractivity contribution in [2.45, 2.75) is 12.2 Å². The Morgan fingerprint density at radius 2 is 2.00 bits per heavy atom. The number of hydrogen-bond donors (Lipinski definition) is 0. The fraction of sp³-hybridized carbons (Fsp3) is 0.222. The molecule has 2 heteroatoms. The van der Waals surface area contributed by atoms with Crippen LogP contribution in [0.3, 0.4) is 0 Å². The zero-order valence-electron chi connectivity index (χ0n) is 6.23. The van der Waals surface area contributed by atoms with Gasteiger partial charge in [0, 0.05) is 0 Å². The maximum absolute atomic E-state index is 10.2. The van der Waals surface area contributed by atoms with Gasteiger partial charge in [-0.2, -0.15) is 0 Å². The van der Waals surface area contributed by atoms with E-state index in [9.17, 15) is 4.79 Å². The Kier molecular flexibility index (Phi) is 2.90.